The predicted molar refractivity (Wildman–Crippen MR) is 125 cm³/mol. The maximum absolute atomic E-state index is 13.0. The second-order valence-corrected chi connectivity index (χ2v) is 8.63. The van der Waals surface area contributed by atoms with Crippen LogP contribution in [0.5, 0.6) is 5.75 Å². The molecule has 0 radical (unpaired) electrons. The highest BCUT2D eigenvalue weighted by Crippen LogP contribution is 2.23. The molecule has 8 nitrogen and oxygen atoms in total. The lowest BCUT2D eigenvalue weighted by atomic mass is 10.0. The lowest BCUT2D eigenvalue weighted by molar-refractivity contribution is 0.0523. The number of imidazole rings is 1. The zero-order chi connectivity index (χ0) is 24.0. The van der Waals surface area contributed by atoms with Gasteiger partial charge in [-0.2, -0.15) is 0 Å². The average Bonchev–Trinajstić information content (AvgIpc) is 3.20. The van der Waals surface area contributed by atoms with Crippen LogP contribution in [0.2, 0.25) is 0 Å². The highest BCUT2D eigenvalue weighted by Gasteiger charge is 2.22. The molecule has 33 heavy (non-hydrogen) atoms. The third-order valence-corrected chi connectivity index (χ3v) is 4.89. The third-order valence-electron chi connectivity index (χ3n) is 4.89. The largest absolute Gasteiger partial charge is 0.497 e. The molecule has 3 aromatic rings. The molecule has 8 heteroatoms. The van der Waals surface area contributed by atoms with Crippen LogP contribution in [0, 0.1) is 0 Å². The molecule has 0 spiro atoms. The number of carbonyl (C=O) groups is 2. The van der Waals surface area contributed by atoms with E-state index in [0.717, 1.165) is 16.9 Å². The van der Waals surface area contributed by atoms with Crippen LogP contribution in [-0.2, 0) is 18.3 Å². The number of rotatable bonds is 7. The van der Waals surface area contributed by atoms with E-state index in [1.54, 1.807) is 37.6 Å². The Morgan fingerprint density at radius 3 is 2.27 bits per heavy atom. The first-order valence-electron chi connectivity index (χ1n) is 10.6. The summed E-state index contributed by atoms with van der Waals surface area (Å²) in [4.78, 5) is 29.3. The SMILES string of the molecule is COc1ccc([C@@H](NC(=O)c2ccc(CNC(=O)OC(C)(C)C)cc2)c2nccn2C)cc1. The van der Waals surface area contributed by atoms with E-state index in [0.29, 0.717) is 17.9 Å². The van der Waals surface area contributed by atoms with Gasteiger partial charge in [0.1, 0.15) is 23.2 Å². The van der Waals surface area contributed by atoms with Gasteiger partial charge in [-0.3, -0.25) is 4.79 Å². The summed E-state index contributed by atoms with van der Waals surface area (Å²) in [5.41, 5.74) is 1.69. The van der Waals surface area contributed by atoms with Crippen molar-refractivity contribution in [2.24, 2.45) is 7.05 Å². The molecule has 2 aromatic carbocycles. The van der Waals surface area contributed by atoms with Gasteiger partial charge < -0.3 is 24.7 Å². The molecule has 0 saturated carbocycles. The number of hydrogen-bond acceptors (Lipinski definition) is 5. The van der Waals surface area contributed by atoms with Crippen molar-refractivity contribution in [3.63, 3.8) is 0 Å². The van der Waals surface area contributed by atoms with Crippen molar-refractivity contribution in [1.82, 2.24) is 20.2 Å². The summed E-state index contributed by atoms with van der Waals surface area (Å²) in [6.07, 6.45) is 3.05. The number of nitrogens with zero attached hydrogens (tertiary/aromatic N) is 2. The van der Waals surface area contributed by atoms with Crippen LogP contribution in [-0.4, -0.2) is 34.3 Å². The molecule has 0 bridgehead atoms. The van der Waals surface area contributed by atoms with E-state index in [9.17, 15) is 9.59 Å². The molecule has 3 rings (SSSR count). The van der Waals surface area contributed by atoms with Crippen molar-refractivity contribution in [2.75, 3.05) is 7.11 Å². The number of aryl methyl sites for hydroxylation is 1. The monoisotopic (exact) mass is 450 g/mol. The van der Waals surface area contributed by atoms with Crippen LogP contribution in [0.25, 0.3) is 0 Å². The fourth-order valence-electron chi connectivity index (χ4n) is 3.23. The minimum absolute atomic E-state index is 0.231. The van der Waals surface area contributed by atoms with E-state index < -0.39 is 17.7 Å². The van der Waals surface area contributed by atoms with Gasteiger partial charge in [0.15, 0.2) is 0 Å². The van der Waals surface area contributed by atoms with Crippen molar-refractivity contribution < 1.29 is 19.1 Å². The minimum Gasteiger partial charge on any atom is -0.497 e. The van der Waals surface area contributed by atoms with E-state index >= 15 is 0 Å². The number of nitrogens with one attached hydrogen (secondary N) is 2. The fraction of sp³-hybridized carbons (Fsp3) is 0.320. The lowest BCUT2D eigenvalue weighted by Gasteiger charge is -2.20. The van der Waals surface area contributed by atoms with E-state index in [2.05, 4.69) is 15.6 Å². The summed E-state index contributed by atoms with van der Waals surface area (Å²) in [6, 6.07) is 14.1. The van der Waals surface area contributed by atoms with Crippen LogP contribution < -0.4 is 15.4 Å². The maximum Gasteiger partial charge on any atom is 0.407 e. The number of carbonyl (C=O) groups excluding carboxylic acids is 2. The summed E-state index contributed by atoms with van der Waals surface area (Å²) in [7, 11) is 3.50. The Morgan fingerprint density at radius 2 is 1.73 bits per heavy atom. The second-order valence-electron chi connectivity index (χ2n) is 8.63. The lowest BCUT2D eigenvalue weighted by Crippen LogP contribution is -2.32. The Morgan fingerprint density at radius 1 is 1.06 bits per heavy atom. The molecule has 0 aliphatic heterocycles. The Bertz CT molecular complexity index is 1080. The van der Waals surface area contributed by atoms with Gasteiger partial charge in [-0.15, -0.1) is 0 Å². The fourth-order valence-corrected chi connectivity index (χ4v) is 3.23. The molecule has 0 fully saturated rings. The highest BCUT2D eigenvalue weighted by atomic mass is 16.6. The van der Waals surface area contributed by atoms with Crippen LogP contribution in [0.1, 0.15) is 54.1 Å². The molecule has 0 saturated heterocycles. The summed E-state index contributed by atoms with van der Waals surface area (Å²) < 4.78 is 12.4. The van der Waals surface area contributed by atoms with Crippen molar-refractivity contribution in [3.05, 3.63) is 83.4 Å². The smallest absolute Gasteiger partial charge is 0.407 e. The summed E-state index contributed by atoms with van der Waals surface area (Å²) in [6.45, 7) is 5.73. The van der Waals surface area contributed by atoms with Gasteiger partial charge in [0.25, 0.3) is 5.91 Å². The van der Waals surface area contributed by atoms with E-state index in [4.69, 9.17) is 9.47 Å². The Balaban J connectivity index is 1.70. The first kappa shape index (κ1) is 23.8. The Kier molecular flexibility index (Phi) is 7.37. The van der Waals surface area contributed by atoms with Gasteiger partial charge in [-0.25, -0.2) is 9.78 Å². The van der Waals surface area contributed by atoms with Crippen molar-refractivity contribution >= 4 is 12.0 Å². The average molecular weight is 451 g/mol. The maximum atomic E-state index is 13.0. The molecule has 0 unspecified atom stereocenters. The number of benzene rings is 2. The highest BCUT2D eigenvalue weighted by molar-refractivity contribution is 5.94. The normalized spacial score (nSPS) is 12.0. The molecule has 174 valence electrons. The zero-order valence-corrected chi connectivity index (χ0v) is 19.6. The van der Waals surface area contributed by atoms with E-state index in [1.807, 2.05) is 62.8 Å². The number of amides is 2. The van der Waals surface area contributed by atoms with Crippen molar-refractivity contribution in [2.45, 2.75) is 39.0 Å². The number of aromatic nitrogens is 2. The molecule has 2 amide bonds. The summed E-state index contributed by atoms with van der Waals surface area (Å²) in [5, 5.41) is 5.78. The number of ether oxygens (including phenoxy) is 2. The van der Waals surface area contributed by atoms with Crippen molar-refractivity contribution in [1.29, 1.82) is 0 Å². The Labute approximate surface area is 193 Å². The van der Waals surface area contributed by atoms with Crippen LogP contribution in [0.4, 0.5) is 4.79 Å². The van der Waals surface area contributed by atoms with E-state index in [1.165, 1.54) is 0 Å². The van der Waals surface area contributed by atoms with Gasteiger partial charge in [0.2, 0.25) is 0 Å². The van der Waals surface area contributed by atoms with Gasteiger partial charge >= 0.3 is 6.09 Å². The predicted octanol–water partition coefficient (Wildman–Crippen LogP) is 3.97. The quantitative estimate of drug-likeness (QED) is 0.568. The zero-order valence-electron chi connectivity index (χ0n) is 19.6. The van der Waals surface area contributed by atoms with Crippen LogP contribution in [0.15, 0.2) is 60.9 Å². The van der Waals surface area contributed by atoms with Gasteiger partial charge in [0.05, 0.1) is 7.11 Å². The Hall–Kier alpha value is -3.81. The van der Waals surface area contributed by atoms with Gasteiger partial charge in [0, 0.05) is 31.5 Å². The van der Waals surface area contributed by atoms with Crippen LogP contribution >= 0.6 is 0 Å². The molecular weight excluding hydrogens is 420 g/mol. The molecule has 1 atom stereocenters. The minimum atomic E-state index is -0.556. The number of methoxy groups -OCH3 is 1. The van der Waals surface area contributed by atoms with Gasteiger partial charge in [-0.05, 0) is 56.2 Å². The molecule has 2 N–H and O–H groups in total. The third kappa shape index (κ3) is 6.58. The summed E-state index contributed by atoms with van der Waals surface area (Å²) in [5.74, 6) is 1.22. The van der Waals surface area contributed by atoms with Gasteiger partial charge in [-0.1, -0.05) is 24.3 Å². The number of alkyl carbamates (subject to hydrolysis) is 1. The molecule has 0 aliphatic rings. The standard InChI is InChI=1S/C25H30N4O4/c1-25(2,3)33-24(31)27-16-17-6-8-19(9-7-17)23(30)28-21(22-26-14-15-29(22)4)18-10-12-20(32-5)13-11-18/h6-15,21H,16H2,1-5H3,(H,27,31)(H,28,30)/t21-/m1/s1. The second kappa shape index (κ2) is 10.2. The van der Waals surface area contributed by atoms with E-state index in [-0.39, 0.29) is 5.91 Å². The molecule has 1 heterocycles. The number of hydrogen-bond donors (Lipinski definition) is 2. The summed E-state index contributed by atoms with van der Waals surface area (Å²) >= 11 is 0. The first-order chi connectivity index (χ1) is 15.7. The first-order valence-corrected chi connectivity index (χ1v) is 10.6. The molecule has 1 aromatic heterocycles. The van der Waals surface area contributed by atoms with Crippen molar-refractivity contribution in [3.8, 4) is 5.75 Å². The molecular formula is C25H30N4O4. The van der Waals surface area contributed by atoms with Crippen LogP contribution in [0.3, 0.4) is 0 Å². The molecule has 0 aliphatic carbocycles. The topological polar surface area (TPSA) is 94.5 Å².